The van der Waals surface area contributed by atoms with Crippen LogP contribution in [-0.4, -0.2) is 47.6 Å². The molecule has 1 aliphatic heterocycles. The molecule has 1 rings (SSSR count). The van der Waals surface area contributed by atoms with Crippen molar-refractivity contribution in [2.45, 2.75) is 45.3 Å². The van der Waals surface area contributed by atoms with Crippen LogP contribution in [0.4, 0.5) is 4.79 Å². The van der Waals surface area contributed by atoms with Crippen LogP contribution in [-0.2, 0) is 14.3 Å². The second-order valence-electron chi connectivity index (χ2n) is 5.42. The summed E-state index contributed by atoms with van der Waals surface area (Å²) >= 11 is 0. The second-order valence-corrected chi connectivity index (χ2v) is 5.42. The van der Waals surface area contributed by atoms with E-state index in [2.05, 4.69) is 5.32 Å². The van der Waals surface area contributed by atoms with Gasteiger partial charge in [0.2, 0.25) is 5.91 Å². The molecular formula is C12H19N2O5-. The van der Waals surface area contributed by atoms with Crippen molar-refractivity contribution in [3.63, 3.8) is 0 Å². The number of carboxylic acid groups (broad SMARTS) is 1. The Bertz CT molecular complexity index is 375. The van der Waals surface area contributed by atoms with E-state index in [0.29, 0.717) is 19.4 Å². The van der Waals surface area contributed by atoms with E-state index in [1.165, 1.54) is 4.90 Å². The van der Waals surface area contributed by atoms with Gasteiger partial charge in [0.15, 0.2) is 0 Å². The number of rotatable bonds is 3. The average Bonchev–Trinajstić information content (AvgIpc) is 2.72. The largest absolute Gasteiger partial charge is 0.548 e. The summed E-state index contributed by atoms with van der Waals surface area (Å²) in [4.78, 5) is 35.3. The monoisotopic (exact) mass is 271 g/mol. The Labute approximate surface area is 111 Å². The molecule has 1 saturated heterocycles. The van der Waals surface area contributed by atoms with Crippen LogP contribution in [0.15, 0.2) is 0 Å². The summed E-state index contributed by atoms with van der Waals surface area (Å²) in [5.41, 5.74) is -0.633. The number of nitrogens with one attached hydrogen (secondary N) is 1. The Kier molecular flexibility index (Phi) is 4.74. The van der Waals surface area contributed by atoms with Crippen LogP contribution in [0.25, 0.3) is 0 Å². The van der Waals surface area contributed by atoms with E-state index < -0.39 is 36.2 Å². The van der Waals surface area contributed by atoms with Crippen molar-refractivity contribution in [3.05, 3.63) is 0 Å². The molecule has 0 saturated carbocycles. The Morgan fingerprint density at radius 1 is 1.37 bits per heavy atom. The fourth-order valence-corrected chi connectivity index (χ4v) is 1.86. The lowest BCUT2D eigenvalue weighted by molar-refractivity contribution is -0.304. The standard InChI is InChI=1S/C12H20N2O5/c1-12(2,3)19-11(18)14-6-4-5-8(14)10(17)13-7-9(15)16/h8H,4-7H2,1-3H3,(H,13,17)(H,15,16)/p-1/t8-/m0/s1. The zero-order valence-corrected chi connectivity index (χ0v) is 11.4. The van der Waals surface area contributed by atoms with Crippen LogP contribution in [0, 0.1) is 0 Å². The number of ether oxygens (including phenoxy) is 1. The molecule has 2 amide bonds. The lowest BCUT2D eigenvalue weighted by Gasteiger charge is -2.28. The fourth-order valence-electron chi connectivity index (χ4n) is 1.86. The first-order valence-corrected chi connectivity index (χ1v) is 6.18. The molecule has 19 heavy (non-hydrogen) atoms. The minimum absolute atomic E-state index is 0.429. The highest BCUT2D eigenvalue weighted by atomic mass is 16.6. The van der Waals surface area contributed by atoms with Gasteiger partial charge in [-0.05, 0) is 33.6 Å². The minimum atomic E-state index is -1.37. The summed E-state index contributed by atoms with van der Waals surface area (Å²) in [6.45, 7) is 5.10. The first kappa shape index (κ1) is 15.3. The molecule has 0 aromatic heterocycles. The van der Waals surface area contributed by atoms with Crippen molar-refractivity contribution < 1.29 is 24.2 Å². The Morgan fingerprint density at radius 2 is 2.00 bits per heavy atom. The summed E-state index contributed by atoms with van der Waals surface area (Å²) in [6, 6.07) is -0.672. The van der Waals surface area contributed by atoms with E-state index in [-0.39, 0.29) is 0 Å². The summed E-state index contributed by atoms with van der Waals surface area (Å²) in [6.07, 6.45) is 0.624. The molecule has 0 aliphatic carbocycles. The van der Waals surface area contributed by atoms with Gasteiger partial charge in [-0.15, -0.1) is 0 Å². The number of likely N-dealkylation sites (tertiary alicyclic amines) is 1. The molecule has 0 spiro atoms. The van der Waals surface area contributed by atoms with Gasteiger partial charge in [0, 0.05) is 6.54 Å². The average molecular weight is 271 g/mol. The maximum Gasteiger partial charge on any atom is 0.410 e. The fraction of sp³-hybridized carbons (Fsp3) is 0.750. The maximum absolute atomic E-state index is 11.9. The predicted molar refractivity (Wildman–Crippen MR) is 64.0 cm³/mol. The SMILES string of the molecule is CC(C)(C)OC(=O)N1CCC[C@H]1C(=O)NCC(=O)[O-]. The minimum Gasteiger partial charge on any atom is -0.548 e. The molecule has 1 aliphatic rings. The highest BCUT2D eigenvalue weighted by Crippen LogP contribution is 2.20. The van der Waals surface area contributed by atoms with Gasteiger partial charge in [-0.2, -0.15) is 0 Å². The lowest BCUT2D eigenvalue weighted by atomic mass is 10.2. The summed E-state index contributed by atoms with van der Waals surface area (Å²) in [5, 5.41) is 12.5. The van der Waals surface area contributed by atoms with Gasteiger partial charge in [-0.1, -0.05) is 0 Å². The van der Waals surface area contributed by atoms with E-state index >= 15 is 0 Å². The normalized spacial score (nSPS) is 19.1. The first-order chi connectivity index (χ1) is 8.70. The van der Waals surface area contributed by atoms with Gasteiger partial charge in [-0.25, -0.2) is 4.79 Å². The third-order valence-corrected chi connectivity index (χ3v) is 2.59. The maximum atomic E-state index is 11.9. The number of hydrogen-bond acceptors (Lipinski definition) is 5. The van der Waals surface area contributed by atoms with E-state index in [1.807, 2.05) is 0 Å². The molecule has 1 fully saturated rings. The number of carboxylic acids is 1. The third-order valence-electron chi connectivity index (χ3n) is 2.59. The molecule has 0 radical (unpaired) electrons. The van der Waals surface area contributed by atoms with Gasteiger partial charge in [0.1, 0.15) is 11.6 Å². The van der Waals surface area contributed by atoms with Crippen molar-refractivity contribution >= 4 is 18.0 Å². The Hall–Kier alpha value is -1.79. The third kappa shape index (κ3) is 4.76. The van der Waals surface area contributed by atoms with Gasteiger partial charge in [0.25, 0.3) is 0 Å². The van der Waals surface area contributed by atoms with Crippen LogP contribution in [0.3, 0.4) is 0 Å². The summed E-state index contributed by atoms with van der Waals surface area (Å²) in [5.74, 6) is -1.86. The van der Waals surface area contributed by atoms with Crippen LogP contribution in [0.5, 0.6) is 0 Å². The van der Waals surface area contributed by atoms with Crippen molar-refractivity contribution in [2.24, 2.45) is 0 Å². The first-order valence-electron chi connectivity index (χ1n) is 6.18. The Morgan fingerprint density at radius 3 is 2.53 bits per heavy atom. The molecular weight excluding hydrogens is 252 g/mol. The molecule has 7 heteroatoms. The highest BCUT2D eigenvalue weighted by molar-refractivity contribution is 5.88. The lowest BCUT2D eigenvalue weighted by Crippen LogP contribution is -2.49. The molecule has 0 aromatic carbocycles. The van der Waals surface area contributed by atoms with Crippen LogP contribution in [0.2, 0.25) is 0 Å². The van der Waals surface area contributed by atoms with Crippen molar-refractivity contribution in [3.8, 4) is 0 Å². The van der Waals surface area contributed by atoms with Crippen molar-refractivity contribution in [2.75, 3.05) is 13.1 Å². The van der Waals surface area contributed by atoms with E-state index in [9.17, 15) is 19.5 Å². The number of aliphatic carboxylic acids is 1. The van der Waals surface area contributed by atoms with Crippen LogP contribution in [0.1, 0.15) is 33.6 Å². The zero-order valence-electron chi connectivity index (χ0n) is 11.4. The molecule has 1 heterocycles. The zero-order chi connectivity index (χ0) is 14.6. The number of carbonyl (C=O) groups excluding carboxylic acids is 3. The van der Waals surface area contributed by atoms with Crippen molar-refractivity contribution in [1.82, 2.24) is 10.2 Å². The topological polar surface area (TPSA) is 98.8 Å². The summed E-state index contributed by atoms with van der Waals surface area (Å²) in [7, 11) is 0. The molecule has 1 atom stereocenters. The van der Waals surface area contributed by atoms with E-state index in [4.69, 9.17) is 4.74 Å². The molecule has 7 nitrogen and oxygen atoms in total. The molecule has 1 N–H and O–H groups in total. The van der Waals surface area contributed by atoms with Crippen LogP contribution >= 0.6 is 0 Å². The molecule has 108 valence electrons. The van der Waals surface area contributed by atoms with Gasteiger partial charge < -0.3 is 20.0 Å². The number of hydrogen-bond donors (Lipinski definition) is 1. The quantitative estimate of drug-likeness (QED) is 0.728. The number of nitrogens with zero attached hydrogens (tertiary/aromatic N) is 1. The molecule has 0 bridgehead atoms. The second kappa shape index (κ2) is 5.90. The van der Waals surface area contributed by atoms with E-state index in [0.717, 1.165) is 0 Å². The number of amides is 2. The van der Waals surface area contributed by atoms with E-state index in [1.54, 1.807) is 20.8 Å². The van der Waals surface area contributed by atoms with Gasteiger partial charge in [0.05, 0.1) is 12.5 Å². The highest BCUT2D eigenvalue weighted by Gasteiger charge is 2.36. The molecule has 0 aromatic rings. The number of carbonyl (C=O) groups is 3. The van der Waals surface area contributed by atoms with Gasteiger partial charge >= 0.3 is 6.09 Å². The van der Waals surface area contributed by atoms with Crippen LogP contribution < -0.4 is 10.4 Å². The smallest absolute Gasteiger partial charge is 0.410 e. The van der Waals surface area contributed by atoms with Gasteiger partial charge in [-0.3, -0.25) is 9.69 Å². The molecule has 0 unspecified atom stereocenters. The predicted octanol–water partition coefficient (Wildman–Crippen LogP) is -0.748. The summed E-state index contributed by atoms with van der Waals surface area (Å²) < 4.78 is 5.21. The van der Waals surface area contributed by atoms with Crippen molar-refractivity contribution in [1.29, 1.82) is 0 Å². The Balaban J connectivity index is 2.60.